The van der Waals surface area contributed by atoms with Gasteiger partial charge in [0.05, 0.1) is 0 Å². The molecule has 0 spiro atoms. The monoisotopic (exact) mass is 155 g/mol. The predicted molar refractivity (Wildman–Crippen MR) is 44.1 cm³/mol. The van der Waals surface area contributed by atoms with Gasteiger partial charge in [-0.15, -0.1) is 4.91 Å². The van der Waals surface area contributed by atoms with Crippen LogP contribution in [0.25, 0.3) is 0 Å². The molecule has 1 aromatic rings. The Kier molecular flexibility index (Phi) is 3.79. The minimum Gasteiger partial charge on any atom is -0.735 e. The lowest BCUT2D eigenvalue weighted by molar-refractivity contribution is 1.07. The van der Waals surface area contributed by atoms with Crippen LogP contribution in [-0.2, 0) is 0 Å². The summed E-state index contributed by atoms with van der Waals surface area (Å²) in [6.45, 7) is 0. The summed E-state index contributed by atoms with van der Waals surface area (Å²) >= 11 is 0. The highest BCUT2D eigenvalue weighted by atomic mass is 16.6. The van der Waals surface area contributed by atoms with Gasteiger partial charge in [-0.2, -0.15) is 0 Å². The van der Waals surface area contributed by atoms with E-state index in [2.05, 4.69) is 5.29 Å². The molecule has 0 aromatic heterocycles. The number of benzene rings is 1. The smallest absolute Gasteiger partial charge is 0.0499 e. The van der Waals surface area contributed by atoms with Gasteiger partial charge in [-0.05, 0) is 12.1 Å². The van der Waals surface area contributed by atoms with Gasteiger partial charge in [-0.3, -0.25) is 5.17 Å². The lowest BCUT2D eigenvalue weighted by Crippen LogP contribution is -2.02. The molecule has 0 bridgehead atoms. The van der Waals surface area contributed by atoms with Crippen LogP contribution in [0.3, 0.4) is 0 Å². The van der Waals surface area contributed by atoms with Crippen molar-refractivity contribution in [2.24, 2.45) is 5.29 Å². The van der Waals surface area contributed by atoms with Crippen molar-refractivity contribution in [3.63, 3.8) is 0 Å². The lowest BCUT2D eigenvalue weighted by atomic mass is 10.3. The molecular weight excluding hydrogens is 146 g/mol. The SMILES string of the molecule is O=NN([O-])c1ccccc1.[NH4+]. The summed E-state index contributed by atoms with van der Waals surface area (Å²) in [7, 11) is 0. The largest absolute Gasteiger partial charge is 0.735 e. The third kappa shape index (κ3) is 2.32. The van der Waals surface area contributed by atoms with Crippen molar-refractivity contribution in [3.8, 4) is 0 Å². The van der Waals surface area contributed by atoms with E-state index >= 15 is 0 Å². The van der Waals surface area contributed by atoms with E-state index < -0.39 is 0 Å². The molecule has 5 heteroatoms. The number of quaternary nitrogens is 1. The standard InChI is InChI=1S/C6H5N2O2.H3N/c9-7-8(10)6-4-2-1-3-5-6;/h1-5H;1H3/q-1;/p+1. The molecule has 1 aromatic carbocycles. The van der Waals surface area contributed by atoms with E-state index in [1.165, 1.54) is 12.1 Å². The van der Waals surface area contributed by atoms with Gasteiger partial charge in [-0.25, -0.2) is 0 Å². The van der Waals surface area contributed by atoms with Crippen LogP contribution in [0, 0.1) is 10.1 Å². The first-order chi connectivity index (χ1) is 4.84. The van der Waals surface area contributed by atoms with E-state index in [0.29, 0.717) is 0 Å². The minimum atomic E-state index is 0. The lowest BCUT2D eigenvalue weighted by Gasteiger charge is -2.18. The zero-order chi connectivity index (χ0) is 7.40. The van der Waals surface area contributed by atoms with E-state index in [1.54, 1.807) is 18.2 Å². The maximum atomic E-state index is 10.5. The zero-order valence-corrected chi connectivity index (χ0v) is 6.10. The summed E-state index contributed by atoms with van der Waals surface area (Å²) in [5.41, 5.74) is 0.248. The first-order valence-corrected chi connectivity index (χ1v) is 2.70. The quantitative estimate of drug-likeness (QED) is 0.523. The Labute approximate surface area is 63.7 Å². The maximum absolute atomic E-state index is 10.5. The van der Waals surface area contributed by atoms with Crippen LogP contribution in [0.5, 0.6) is 0 Å². The molecule has 0 atom stereocenters. The molecule has 0 unspecified atom stereocenters. The van der Waals surface area contributed by atoms with Crippen LogP contribution in [-0.4, -0.2) is 0 Å². The van der Waals surface area contributed by atoms with Crippen LogP contribution in [0.2, 0.25) is 0 Å². The highest BCUT2D eigenvalue weighted by Crippen LogP contribution is 2.10. The Morgan fingerprint density at radius 3 is 2.27 bits per heavy atom. The molecule has 11 heavy (non-hydrogen) atoms. The van der Waals surface area contributed by atoms with Crippen molar-refractivity contribution in [2.45, 2.75) is 0 Å². The Morgan fingerprint density at radius 2 is 1.82 bits per heavy atom. The van der Waals surface area contributed by atoms with Gasteiger partial charge in [0, 0.05) is 11.0 Å². The average Bonchev–Trinajstić information content (AvgIpc) is 2.05. The van der Waals surface area contributed by atoms with Crippen molar-refractivity contribution in [1.29, 1.82) is 0 Å². The van der Waals surface area contributed by atoms with E-state index in [1.807, 2.05) is 0 Å². The van der Waals surface area contributed by atoms with Gasteiger partial charge < -0.3 is 11.4 Å². The van der Waals surface area contributed by atoms with Gasteiger partial charge >= 0.3 is 0 Å². The second-order valence-electron chi connectivity index (χ2n) is 1.69. The fourth-order valence-electron chi connectivity index (χ4n) is 0.603. The summed E-state index contributed by atoms with van der Waals surface area (Å²) in [5, 5.41) is 12.7. The molecule has 0 aliphatic heterocycles. The third-order valence-electron chi connectivity index (χ3n) is 1.05. The van der Waals surface area contributed by atoms with Crippen molar-refractivity contribution < 1.29 is 0 Å². The van der Waals surface area contributed by atoms with E-state index in [9.17, 15) is 10.1 Å². The molecule has 5 nitrogen and oxygen atoms in total. The normalized spacial score (nSPS) is 8.09. The second-order valence-corrected chi connectivity index (χ2v) is 1.69. The summed E-state index contributed by atoms with van der Waals surface area (Å²) in [6.07, 6.45) is 0. The molecule has 4 N–H and O–H groups in total. The number of anilines is 1. The molecule has 60 valence electrons. The number of nitrogens with zero attached hydrogens (tertiary/aromatic N) is 2. The predicted octanol–water partition coefficient (Wildman–Crippen LogP) is 2.05. The highest BCUT2D eigenvalue weighted by molar-refractivity contribution is 5.45. The Morgan fingerprint density at radius 1 is 1.27 bits per heavy atom. The second kappa shape index (κ2) is 4.37. The third-order valence-corrected chi connectivity index (χ3v) is 1.05. The van der Waals surface area contributed by atoms with E-state index in [4.69, 9.17) is 0 Å². The fourth-order valence-corrected chi connectivity index (χ4v) is 0.603. The minimum absolute atomic E-state index is 0. The Bertz CT molecular complexity index is 214. The number of rotatable bonds is 2. The van der Waals surface area contributed by atoms with Crippen molar-refractivity contribution in [2.75, 3.05) is 5.17 Å². The number of hydrogen-bond donors (Lipinski definition) is 1. The molecule has 0 heterocycles. The van der Waals surface area contributed by atoms with Crippen molar-refractivity contribution >= 4 is 5.69 Å². The average molecular weight is 155 g/mol. The Hall–Kier alpha value is -1.46. The molecule has 0 radical (unpaired) electrons. The van der Waals surface area contributed by atoms with Gasteiger partial charge in [0.15, 0.2) is 0 Å². The zero-order valence-electron chi connectivity index (χ0n) is 6.10. The summed E-state index contributed by atoms with van der Waals surface area (Å²) in [4.78, 5) is 9.67. The van der Waals surface area contributed by atoms with Gasteiger partial charge in [0.2, 0.25) is 0 Å². The molecular formula is C6H9N3O2. The molecule has 0 saturated carbocycles. The van der Waals surface area contributed by atoms with E-state index in [0.717, 1.165) is 0 Å². The van der Waals surface area contributed by atoms with Crippen LogP contribution in [0.15, 0.2) is 35.6 Å². The van der Waals surface area contributed by atoms with Crippen molar-refractivity contribution in [1.82, 2.24) is 6.15 Å². The molecule has 0 aliphatic carbocycles. The summed E-state index contributed by atoms with van der Waals surface area (Å²) in [5.74, 6) is 0. The fraction of sp³-hybridized carbons (Fsp3) is 0. The molecule has 0 amide bonds. The number of hydrogen-bond acceptors (Lipinski definition) is 3. The number of para-hydroxylation sites is 1. The van der Waals surface area contributed by atoms with Crippen LogP contribution in [0.1, 0.15) is 0 Å². The van der Waals surface area contributed by atoms with Crippen LogP contribution >= 0.6 is 0 Å². The first-order valence-electron chi connectivity index (χ1n) is 2.70. The summed E-state index contributed by atoms with van der Waals surface area (Å²) < 4.78 is 0. The van der Waals surface area contributed by atoms with Gasteiger partial charge in [-0.1, -0.05) is 18.2 Å². The summed E-state index contributed by atoms with van der Waals surface area (Å²) in [6, 6.07) is 8.09. The van der Waals surface area contributed by atoms with Crippen LogP contribution in [0.4, 0.5) is 5.69 Å². The first kappa shape index (κ1) is 9.54. The number of nitroso groups, excluding NO2 is 1. The molecule has 0 saturated heterocycles. The van der Waals surface area contributed by atoms with Crippen molar-refractivity contribution in [3.05, 3.63) is 40.4 Å². The molecule has 0 aliphatic rings. The van der Waals surface area contributed by atoms with Crippen LogP contribution < -0.4 is 11.3 Å². The topological polar surface area (TPSA) is 92.2 Å². The Balaban J connectivity index is 0.000001000. The van der Waals surface area contributed by atoms with Gasteiger partial charge in [0.25, 0.3) is 0 Å². The van der Waals surface area contributed by atoms with Gasteiger partial charge in [0.1, 0.15) is 0 Å². The van der Waals surface area contributed by atoms with E-state index in [-0.39, 0.29) is 17.0 Å². The molecule has 1 rings (SSSR count). The highest BCUT2D eigenvalue weighted by Gasteiger charge is 1.88. The molecule has 0 fully saturated rings. The maximum Gasteiger partial charge on any atom is 0.0499 e.